The Balaban J connectivity index is 1.91. The molecule has 7 heteroatoms. The molecule has 0 amide bonds. The Bertz CT molecular complexity index is 646. The highest BCUT2D eigenvalue weighted by molar-refractivity contribution is 5.89. The maximum Gasteiger partial charge on any atom is 0.335 e. The number of rotatable bonds is 6. The van der Waals surface area contributed by atoms with E-state index in [2.05, 4.69) is 13.2 Å². The Kier molecular flexibility index (Phi) is 5.07. The van der Waals surface area contributed by atoms with Crippen LogP contribution in [0.25, 0.3) is 0 Å². The van der Waals surface area contributed by atoms with E-state index in [-0.39, 0.29) is 42.5 Å². The zero-order chi connectivity index (χ0) is 17.9. The number of hydrogen-bond acceptors (Lipinski definition) is 7. The Labute approximate surface area is 139 Å². The summed E-state index contributed by atoms with van der Waals surface area (Å²) in [4.78, 5) is 35.0. The molecule has 3 atom stereocenters. The van der Waals surface area contributed by atoms with Crippen LogP contribution in [0.15, 0.2) is 24.3 Å². The van der Waals surface area contributed by atoms with Crippen LogP contribution in [0, 0.1) is 17.2 Å². The summed E-state index contributed by atoms with van der Waals surface area (Å²) in [5.41, 5.74) is -1.14. The van der Waals surface area contributed by atoms with Crippen molar-refractivity contribution in [3.05, 3.63) is 24.3 Å². The second kappa shape index (κ2) is 6.87. The fourth-order valence-electron chi connectivity index (χ4n) is 2.71. The summed E-state index contributed by atoms with van der Waals surface area (Å²) in [6.07, 6.45) is 0.397. The van der Waals surface area contributed by atoms with E-state index in [0.717, 1.165) is 0 Å². The first kappa shape index (κ1) is 17.7. The molecule has 1 heterocycles. The summed E-state index contributed by atoms with van der Waals surface area (Å²) >= 11 is 0. The summed E-state index contributed by atoms with van der Waals surface area (Å²) in [6.45, 7) is 8.52. The van der Waals surface area contributed by atoms with Crippen molar-refractivity contribution in [1.82, 2.24) is 0 Å². The average Bonchev–Trinajstić information content (AvgIpc) is 2.87. The van der Waals surface area contributed by atoms with Crippen LogP contribution in [0.2, 0.25) is 0 Å². The van der Waals surface area contributed by atoms with Gasteiger partial charge in [0.05, 0.1) is 12.5 Å². The lowest BCUT2D eigenvalue weighted by Crippen LogP contribution is -2.47. The summed E-state index contributed by atoms with van der Waals surface area (Å²) in [5.74, 6) is -1.89. The van der Waals surface area contributed by atoms with Gasteiger partial charge in [0, 0.05) is 30.4 Å². The van der Waals surface area contributed by atoms with Crippen LogP contribution in [0.5, 0.6) is 0 Å². The lowest BCUT2D eigenvalue weighted by molar-refractivity contribution is -0.167. The highest BCUT2D eigenvalue weighted by atomic mass is 16.6. The Morgan fingerprint density at radius 2 is 2.12 bits per heavy atom. The third-order valence-corrected chi connectivity index (χ3v) is 4.21. The van der Waals surface area contributed by atoms with Crippen molar-refractivity contribution >= 4 is 17.9 Å². The number of nitrogens with zero attached hydrogens (tertiary/aromatic N) is 1. The number of nitriles is 1. The van der Waals surface area contributed by atoms with Gasteiger partial charge in [-0.2, -0.15) is 5.26 Å². The molecule has 2 aliphatic rings. The van der Waals surface area contributed by atoms with Crippen LogP contribution in [-0.2, 0) is 28.6 Å². The first-order chi connectivity index (χ1) is 11.3. The minimum absolute atomic E-state index is 0.0420. The van der Waals surface area contributed by atoms with Crippen LogP contribution in [-0.4, -0.2) is 36.2 Å². The summed E-state index contributed by atoms with van der Waals surface area (Å²) in [5, 5.41) is 9.46. The first-order valence-electron chi connectivity index (χ1n) is 7.64. The molecule has 1 aliphatic carbocycles. The molecule has 1 saturated carbocycles. The van der Waals surface area contributed by atoms with Gasteiger partial charge in [-0.15, -0.1) is 0 Å². The van der Waals surface area contributed by atoms with Gasteiger partial charge >= 0.3 is 17.9 Å². The lowest BCUT2D eigenvalue weighted by Gasteiger charge is -2.33. The quantitative estimate of drug-likeness (QED) is 0.413. The molecule has 0 spiro atoms. The number of ether oxygens (including phenoxy) is 3. The fraction of sp³-hybridized carbons (Fsp3) is 0.529. The van der Waals surface area contributed by atoms with E-state index in [1.54, 1.807) is 0 Å². The largest absolute Gasteiger partial charge is 0.462 e. The van der Waals surface area contributed by atoms with Gasteiger partial charge in [-0.1, -0.05) is 13.2 Å². The van der Waals surface area contributed by atoms with Gasteiger partial charge in [-0.25, -0.2) is 9.59 Å². The fourth-order valence-corrected chi connectivity index (χ4v) is 2.71. The molecule has 0 aromatic carbocycles. The van der Waals surface area contributed by atoms with E-state index in [9.17, 15) is 19.6 Å². The van der Waals surface area contributed by atoms with Gasteiger partial charge in [0.25, 0.3) is 0 Å². The predicted molar refractivity (Wildman–Crippen MR) is 81.2 cm³/mol. The van der Waals surface area contributed by atoms with Crippen LogP contribution >= 0.6 is 0 Å². The molecule has 3 unspecified atom stereocenters. The van der Waals surface area contributed by atoms with Gasteiger partial charge in [-0.05, 0) is 13.3 Å². The van der Waals surface area contributed by atoms with E-state index in [4.69, 9.17) is 14.2 Å². The molecule has 1 aliphatic heterocycles. The molecule has 0 radical (unpaired) electrons. The number of esters is 3. The van der Waals surface area contributed by atoms with E-state index in [1.165, 1.54) is 6.92 Å². The van der Waals surface area contributed by atoms with Crippen LogP contribution < -0.4 is 0 Å². The molecule has 24 heavy (non-hydrogen) atoms. The molecular formula is C17H19NO6. The average molecular weight is 333 g/mol. The van der Waals surface area contributed by atoms with E-state index in [0.29, 0.717) is 12.8 Å². The Hall–Kier alpha value is -2.62. The standard InChI is InChI=1S/C17H19NO6/c1-10(2)14(19)22-7-5-11(3)15(20)24-17(9-18)6-4-12-8-13(17)23-16(12)21/h12-13H,1,3-8H2,2H3. The first-order valence-corrected chi connectivity index (χ1v) is 7.64. The highest BCUT2D eigenvalue weighted by Gasteiger charge is 2.55. The smallest absolute Gasteiger partial charge is 0.335 e. The second-order valence-corrected chi connectivity index (χ2v) is 6.06. The van der Waals surface area contributed by atoms with E-state index < -0.39 is 23.6 Å². The topological polar surface area (TPSA) is 103 Å². The number of hydrogen-bond donors (Lipinski definition) is 0. The van der Waals surface area contributed by atoms with Crippen molar-refractivity contribution in [3.8, 4) is 6.07 Å². The molecule has 2 fully saturated rings. The van der Waals surface area contributed by atoms with Gasteiger partial charge in [0.2, 0.25) is 5.60 Å². The predicted octanol–water partition coefficient (Wildman–Crippen LogP) is 1.58. The van der Waals surface area contributed by atoms with Crippen LogP contribution in [0.1, 0.15) is 32.6 Å². The molecular weight excluding hydrogens is 314 g/mol. The minimum Gasteiger partial charge on any atom is -0.462 e. The van der Waals surface area contributed by atoms with Crippen LogP contribution in [0.4, 0.5) is 0 Å². The maximum atomic E-state index is 12.2. The van der Waals surface area contributed by atoms with Crippen molar-refractivity contribution in [1.29, 1.82) is 5.26 Å². The Morgan fingerprint density at radius 3 is 2.75 bits per heavy atom. The summed E-state index contributed by atoms with van der Waals surface area (Å²) in [6, 6.07) is 1.98. The minimum atomic E-state index is -1.48. The lowest BCUT2D eigenvalue weighted by atomic mass is 9.79. The molecule has 128 valence electrons. The van der Waals surface area contributed by atoms with Crippen molar-refractivity contribution in [2.24, 2.45) is 5.92 Å². The molecule has 2 bridgehead atoms. The molecule has 7 nitrogen and oxygen atoms in total. The zero-order valence-electron chi connectivity index (χ0n) is 13.5. The van der Waals surface area contributed by atoms with Crippen molar-refractivity contribution in [2.45, 2.75) is 44.3 Å². The molecule has 0 N–H and O–H groups in total. The summed E-state index contributed by atoms with van der Waals surface area (Å²) < 4.78 is 15.4. The van der Waals surface area contributed by atoms with Gasteiger partial charge in [-0.3, -0.25) is 4.79 Å². The number of carbonyl (C=O) groups excluding carboxylic acids is 3. The normalized spacial score (nSPS) is 27.6. The van der Waals surface area contributed by atoms with Crippen molar-refractivity contribution in [2.75, 3.05) is 6.61 Å². The number of carbonyl (C=O) groups is 3. The zero-order valence-corrected chi connectivity index (χ0v) is 13.5. The van der Waals surface area contributed by atoms with Gasteiger partial charge in [0.1, 0.15) is 6.07 Å². The number of fused-ring (bicyclic) bond motifs is 2. The molecule has 2 rings (SSSR count). The van der Waals surface area contributed by atoms with Crippen molar-refractivity contribution < 1.29 is 28.6 Å². The monoisotopic (exact) mass is 333 g/mol. The summed E-state index contributed by atoms with van der Waals surface area (Å²) in [7, 11) is 0. The SMILES string of the molecule is C=C(C)C(=O)OCCC(=C)C(=O)OC1(C#N)CCC2CC1OC2=O. The molecule has 0 aromatic rings. The maximum absolute atomic E-state index is 12.2. The third kappa shape index (κ3) is 3.48. The van der Waals surface area contributed by atoms with E-state index in [1.807, 2.05) is 6.07 Å². The second-order valence-electron chi connectivity index (χ2n) is 6.06. The Morgan fingerprint density at radius 1 is 1.42 bits per heavy atom. The van der Waals surface area contributed by atoms with Crippen LogP contribution in [0.3, 0.4) is 0 Å². The third-order valence-electron chi connectivity index (χ3n) is 4.21. The highest BCUT2D eigenvalue weighted by Crippen LogP contribution is 2.42. The van der Waals surface area contributed by atoms with E-state index >= 15 is 0 Å². The molecule has 1 saturated heterocycles. The molecule has 0 aromatic heterocycles. The van der Waals surface area contributed by atoms with Gasteiger partial charge in [0.15, 0.2) is 6.10 Å². The van der Waals surface area contributed by atoms with Gasteiger partial charge < -0.3 is 14.2 Å². The van der Waals surface area contributed by atoms with Crippen molar-refractivity contribution in [3.63, 3.8) is 0 Å².